The number of benzene rings is 2. The van der Waals surface area contributed by atoms with E-state index in [1.807, 2.05) is 24.3 Å². The van der Waals surface area contributed by atoms with Crippen LogP contribution in [0.5, 0.6) is 0 Å². The number of nitriles is 1. The molecule has 0 radical (unpaired) electrons. The molecule has 0 amide bonds. The first kappa shape index (κ1) is 14.0. The fourth-order valence-corrected chi connectivity index (χ4v) is 1.98. The molecule has 1 N–H and O–H groups in total. The summed E-state index contributed by atoms with van der Waals surface area (Å²) in [6.07, 6.45) is 0.356. The van der Waals surface area contributed by atoms with Gasteiger partial charge in [-0.1, -0.05) is 12.1 Å². The van der Waals surface area contributed by atoms with Gasteiger partial charge in [0.2, 0.25) is 0 Å². The molecule has 1 atom stereocenters. The predicted octanol–water partition coefficient (Wildman–Crippen LogP) is 4.20. The summed E-state index contributed by atoms with van der Waals surface area (Å²) < 4.78 is 26.8. The van der Waals surface area contributed by atoms with Gasteiger partial charge in [-0.25, -0.2) is 8.78 Å². The van der Waals surface area contributed by atoms with E-state index in [4.69, 9.17) is 5.26 Å². The Morgan fingerprint density at radius 2 is 1.85 bits per heavy atom. The average Bonchev–Trinajstić information content (AvgIpc) is 2.44. The molecule has 2 aromatic carbocycles. The van der Waals surface area contributed by atoms with Crippen molar-refractivity contribution in [2.45, 2.75) is 19.4 Å². The first-order valence-corrected chi connectivity index (χ1v) is 6.27. The van der Waals surface area contributed by atoms with Crippen molar-refractivity contribution in [3.63, 3.8) is 0 Å². The Kier molecular flexibility index (Phi) is 4.31. The highest BCUT2D eigenvalue weighted by Crippen LogP contribution is 2.22. The van der Waals surface area contributed by atoms with Gasteiger partial charge in [0, 0.05) is 11.3 Å². The quantitative estimate of drug-likeness (QED) is 0.905. The standard InChI is InChI=1S/C16H14F2N2/c1-11(15-10-13(17)4-7-16(15)18)20-14-5-2-12(3-6-14)8-9-19/h2-7,10-11,20H,8H2,1H3. The minimum atomic E-state index is -0.459. The van der Waals surface area contributed by atoms with E-state index in [0.717, 1.165) is 23.4 Å². The molecule has 0 fully saturated rings. The minimum absolute atomic E-state index is 0.283. The average molecular weight is 272 g/mol. The predicted molar refractivity (Wildman–Crippen MR) is 74.2 cm³/mol. The van der Waals surface area contributed by atoms with Crippen LogP contribution >= 0.6 is 0 Å². The van der Waals surface area contributed by atoms with Crippen molar-refractivity contribution in [2.24, 2.45) is 0 Å². The van der Waals surface area contributed by atoms with E-state index in [1.54, 1.807) is 6.92 Å². The molecule has 2 rings (SSSR count). The summed E-state index contributed by atoms with van der Waals surface area (Å²) in [7, 11) is 0. The lowest BCUT2D eigenvalue weighted by atomic mass is 10.1. The second kappa shape index (κ2) is 6.16. The maximum absolute atomic E-state index is 13.6. The molecule has 0 aromatic heterocycles. The molecule has 0 aliphatic heterocycles. The maximum Gasteiger partial charge on any atom is 0.128 e. The summed E-state index contributed by atoms with van der Waals surface area (Å²) in [5.74, 6) is -0.896. The molecule has 20 heavy (non-hydrogen) atoms. The van der Waals surface area contributed by atoms with Gasteiger partial charge in [0.15, 0.2) is 0 Å². The summed E-state index contributed by atoms with van der Waals surface area (Å²) in [6, 6.07) is 12.4. The van der Waals surface area contributed by atoms with E-state index in [1.165, 1.54) is 6.07 Å². The third kappa shape index (κ3) is 3.33. The van der Waals surface area contributed by atoms with Gasteiger partial charge in [0.1, 0.15) is 11.6 Å². The van der Waals surface area contributed by atoms with Gasteiger partial charge in [-0.15, -0.1) is 0 Å². The Labute approximate surface area is 116 Å². The van der Waals surface area contributed by atoms with Crippen LogP contribution in [-0.2, 0) is 6.42 Å². The van der Waals surface area contributed by atoms with Crippen molar-refractivity contribution in [3.8, 4) is 6.07 Å². The molecule has 0 saturated carbocycles. The Morgan fingerprint density at radius 1 is 1.15 bits per heavy atom. The van der Waals surface area contributed by atoms with Crippen LogP contribution in [-0.4, -0.2) is 0 Å². The van der Waals surface area contributed by atoms with E-state index in [2.05, 4.69) is 11.4 Å². The Morgan fingerprint density at radius 3 is 2.50 bits per heavy atom. The molecule has 4 heteroatoms. The van der Waals surface area contributed by atoms with Crippen LogP contribution in [0.1, 0.15) is 24.1 Å². The number of halogens is 2. The van der Waals surface area contributed by atoms with E-state index < -0.39 is 11.6 Å². The van der Waals surface area contributed by atoms with Crippen molar-refractivity contribution in [1.29, 1.82) is 5.26 Å². The third-order valence-corrected chi connectivity index (χ3v) is 3.04. The van der Waals surface area contributed by atoms with Gasteiger partial charge in [-0.05, 0) is 42.8 Å². The SMILES string of the molecule is CC(Nc1ccc(CC#N)cc1)c1cc(F)ccc1F. The Bertz CT molecular complexity index is 630. The van der Waals surface area contributed by atoms with Gasteiger partial charge in [0.05, 0.1) is 18.5 Å². The number of rotatable bonds is 4. The zero-order chi connectivity index (χ0) is 14.5. The van der Waals surface area contributed by atoms with E-state index in [-0.39, 0.29) is 11.6 Å². The van der Waals surface area contributed by atoms with Crippen LogP contribution in [0.2, 0.25) is 0 Å². The summed E-state index contributed by atoms with van der Waals surface area (Å²) in [5.41, 5.74) is 2.00. The van der Waals surface area contributed by atoms with Crippen LogP contribution in [0.15, 0.2) is 42.5 Å². The van der Waals surface area contributed by atoms with E-state index in [9.17, 15) is 8.78 Å². The van der Waals surface area contributed by atoms with Gasteiger partial charge in [-0.3, -0.25) is 0 Å². The van der Waals surface area contributed by atoms with Crippen molar-refractivity contribution >= 4 is 5.69 Å². The summed E-state index contributed by atoms with van der Waals surface area (Å²) in [6.45, 7) is 1.76. The lowest BCUT2D eigenvalue weighted by Crippen LogP contribution is -2.09. The molecule has 0 saturated heterocycles. The van der Waals surface area contributed by atoms with Crippen LogP contribution < -0.4 is 5.32 Å². The second-order valence-corrected chi connectivity index (χ2v) is 4.56. The zero-order valence-corrected chi connectivity index (χ0v) is 11.0. The second-order valence-electron chi connectivity index (χ2n) is 4.56. The smallest absolute Gasteiger partial charge is 0.128 e. The van der Waals surface area contributed by atoms with E-state index in [0.29, 0.717) is 6.42 Å². The Balaban J connectivity index is 2.13. The fraction of sp³-hybridized carbons (Fsp3) is 0.188. The van der Waals surface area contributed by atoms with Gasteiger partial charge in [0.25, 0.3) is 0 Å². The molecule has 2 aromatic rings. The van der Waals surface area contributed by atoms with Crippen molar-refractivity contribution in [3.05, 3.63) is 65.2 Å². The number of hydrogen-bond donors (Lipinski definition) is 1. The molecule has 0 spiro atoms. The largest absolute Gasteiger partial charge is 0.378 e. The minimum Gasteiger partial charge on any atom is -0.378 e. The number of anilines is 1. The number of hydrogen-bond acceptors (Lipinski definition) is 2. The van der Waals surface area contributed by atoms with Crippen LogP contribution in [0.4, 0.5) is 14.5 Å². The van der Waals surface area contributed by atoms with Crippen molar-refractivity contribution in [2.75, 3.05) is 5.32 Å². The topological polar surface area (TPSA) is 35.8 Å². The fourth-order valence-electron chi connectivity index (χ4n) is 1.98. The van der Waals surface area contributed by atoms with Crippen LogP contribution in [0.3, 0.4) is 0 Å². The summed E-state index contributed by atoms with van der Waals surface area (Å²) in [5, 5.41) is 11.7. The normalized spacial score (nSPS) is 11.7. The lowest BCUT2D eigenvalue weighted by molar-refractivity contribution is 0.577. The van der Waals surface area contributed by atoms with Gasteiger partial charge >= 0.3 is 0 Å². The molecule has 0 bridgehead atoms. The van der Waals surface area contributed by atoms with Gasteiger partial charge < -0.3 is 5.32 Å². The highest BCUT2D eigenvalue weighted by atomic mass is 19.1. The number of nitrogens with one attached hydrogen (secondary N) is 1. The molecule has 0 aliphatic rings. The monoisotopic (exact) mass is 272 g/mol. The molecule has 2 nitrogen and oxygen atoms in total. The Hall–Kier alpha value is -2.41. The van der Waals surface area contributed by atoms with Crippen LogP contribution in [0.25, 0.3) is 0 Å². The van der Waals surface area contributed by atoms with Crippen molar-refractivity contribution < 1.29 is 8.78 Å². The molecule has 1 unspecified atom stereocenters. The highest BCUT2D eigenvalue weighted by molar-refractivity contribution is 5.47. The molecular formula is C16H14F2N2. The molecule has 0 heterocycles. The molecular weight excluding hydrogens is 258 g/mol. The highest BCUT2D eigenvalue weighted by Gasteiger charge is 2.11. The summed E-state index contributed by atoms with van der Waals surface area (Å²) >= 11 is 0. The van der Waals surface area contributed by atoms with Crippen LogP contribution in [0, 0.1) is 23.0 Å². The zero-order valence-electron chi connectivity index (χ0n) is 11.0. The first-order valence-electron chi connectivity index (χ1n) is 6.27. The first-order chi connectivity index (χ1) is 9.60. The molecule has 102 valence electrons. The molecule has 0 aliphatic carbocycles. The van der Waals surface area contributed by atoms with Crippen molar-refractivity contribution in [1.82, 2.24) is 0 Å². The maximum atomic E-state index is 13.6. The summed E-state index contributed by atoms with van der Waals surface area (Å²) in [4.78, 5) is 0. The third-order valence-electron chi connectivity index (χ3n) is 3.04. The van der Waals surface area contributed by atoms with E-state index >= 15 is 0 Å². The number of nitrogens with zero attached hydrogens (tertiary/aromatic N) is 1. The lowest BCUT2D eigenvalue weighted by Gasteiger charge is -2.16. The van der Waals surface area contributed by atoms with Gasteiger partial charge in [-0.2, -0.15) is 5.26 Å².